The number of oxime groups is 1. The van der Waals surface area contributed by atoms with Gasteiger partial charge in [0.25, 0.3) is 11.8 Å². The Balaban J connectivity index is 1.76. The predicted octanol–water partition coefficient (Wildman–Crippen LogP) is 0.396. The molecule has 11 nitrogen and oxygen atoms in total. The number of β-lactam (4-membered cyclic amide) rings is 1. The molecule has 142 valence electrons. The maximum absolute atomic E-state index is 12.5. The number of nitrogens with one attached hydrogen (secondary N) is 1. The summed E-state index contributed by atoms with van der Waals surface area (Å²) >= 11 is 2.36. The zero-order chi connectivity index (χ0) is 19.7. The Hall–Kier alpha value is -3.06. The van der Waals surface area contributed by atoms with Crippen molar-refractivity contribution in [2.45, 2.75) is 11.4 Å². The van der Waals surface area contributed by atoms with Crippen molar-refractivity contribution >= 4 is 51.9 Å². The van der Waals surface area contributed by atoms with Crippen molar-refractivity contribution in [1.82, 2.24) is 15.2 Å². The van der Waals surface area contributed by atoms with Gasteiger partial charge in [-0.3, -0.25) is 14.5 Å². The number of fused-ring (bicyclic) bond motifs is 1. The van der Waals surface area contributed by atoms with Gasteiger partial charge in [0.15, 0.2) is 10.8 Å². The fourth-order valence-electron chi connectivity index (χ4n) is 2.54. The first-order valence-electron chi connectivity index (χ1n) is 7.32. The number of nitrogen functional groups attached to an aromatic ring is 1. The average molecular weight is 411 g/mol. The number of nitrogens with two attached hydrogens (primary N) is 1. The number of thiazole rings is 1. The monoisotopic (exact) mass is 411 g/mol. The molecule has 3 heterocycles. The van der Waals surface area contributed by atoms with Crippen molar-refractivity contribution < 1.29 is 29.4 Å². The number of thioether (sulfide) groups is 1. The van der Waals surface area contributed by atoms with Gasteiger partial charge in [-0.15, -0.1) is 23.1 Å². The summed E-state index contributed by atoms with van der Waals surface area (Å²) in [5.74, 6) is -1.16. The number of hydrogen-bond donors (Lipinski definition) is 4. The molecule has 1 fully saturated rings. The first kappa shape index (κ1) is 18.7. The zero-order valence-electron chi connectivity index (χ0n) is 13.5. The third-order valence-electron chi connectivity index (χ3n) is 3.74. The Morgan fingerprint density at radius 1 is 1.56 bits per heavy atom. The van der Waals surface area contributed by atoms with Crippen LogP contribution in [0.2, 0.25) is 0 Å². The van der Waals surface area contributed by atoms with E-state index in [1.165, 1.54) is 23.2 Å². The summed E-state index contributed by atoms with van der Waals surface area (Å²) in [5, 5.41) is 24.4. The lowest BCUT2D eigenvalue weighted by Crippen LogP contribution is -2.70. The van der Waals surface area contributed by atoms with Gasteiger partial charge in [-0.25, -0.2) is 9.78 Å². The Bertz CT molecular complexity index is 894. The molecule has 0 radical (unpaired) electrons. The first-order chi connectivity index (χ1) is 12.9. The molecule has 0 spiro atoms. The highest BCUT2D eigenvalue weighted by molar-refractivity contribution is 8.00. The van der Waals surface area contributed by atoms with E-state index < -0.39 is 29.4 Å². The van der Waals surface area contributed by atoms with Crippen LogP contribution in [0.4, 0.5) is 9.93 Å². The molecule has 0 aliphatic carbocycles. The number of aromatic nitrogens is 1. The summed E-state index contributed by atoms with van der Waals surface area (Å²) < 4.78 is 4.71. The second-order valence-electron chi connectivity index (χ2n) is 5.28. The van der Waals surface area contributed by atoms with Crippen molar-refractivity contribution in [3.8, 4) is 0 Å². The minimum absolute atomic E-state index is 0.0705. The molecule has 13 heteroatoms. The van der Waals surface area contributed by atoms with Gasteiger partial charge in [0.1, 0.15) is 17.1 Å². The third kappa shape index (κ3) is 3.33. The molecule has 1 unspecified atom stereocenters. The summed E-state index contributed by atoms with van der Waals surface area (Å²) in [6.45, 7) is 3.58. The third-order valence-corrected chi connectivity index (χ3v) is 5.72. The number of rotatable bonds is 5. The summed E-state index contributed by atoms with van der Waals surface area (Å²) in [5.41, 5.74) is 5.63. The summed E-state index contributed by atoms with van der Waals surface area (Å²) in [6, 6.07) is -0.950. The number of anilines is 1. The predicted molar refractivity (Wildman–Crippen MR) is 96.2 cm³/mol. The molecule has 1 aromatic heterocycles. The van der Waals surface area contributed by atoms with Crippen molar-refractivity contribution in [2.75, 3.05) is 11.5 Å². The largest absolute Gasteiger partial charge is 0.512 e. The van der Waals surface area contributed by atoms with Gasteiger partial charge in [0.05, 0.1) is 0 Å². The van der Waals surface area contributed by atoms with Crippen molar-refractivity contribution in [2.24, 2.45) is 5.16 Å². The van der Waals surface area contributed by atoms with E-state index in [1.54, 1.807) is 0 Å². The van der Waals surface area contributed by atoms with Crippen molar-refractivity contribution in [3.05, 3.63) is 35.2 Å². The van der Waals surface area contributed by atoms with E-state index in [-0.39, 0.29) is 22.4 Å². The molecular formula is C14H13N5O6S2. The fourth-order valence-corrected chi connectivity index (χ4v) is 4.40. The highest BCUT2D eigenvalue weighted by atomic mass is 32.2. The van der Waals surface area contributed by atoms with Crippen LogP contribution < -0.4 is 11.1 Å². The quantitative estimate of drug-likeness (QED) is 0.176. The summed E-state index contributed by atoms with van der Waals surface area (Å²) in [6.07, 6.45) is -0.157. The van der Waals surface area contributed by atoms with Crippen LogP contribution in [0.15, 0.2) is 34.6 Å². The van der Waals surface area contributed by atoms with Crippen LogP contribution in [-0.4, -0.2) is 61.0 Å². The molecule has 2 atom stereocenters. The second-order valence-corrected chi connectivity index (χ2v) is 7.28. The van der Waals surface area contributed by atoms with E-state index in [4.69, 9.17) is 20.8 Å². The van der Waals surface area contributed by atoms with E-state index in [1.807, 2.05) is 0 Å². The zero-order valence-corrected chi connectivity index (χ0v) is 15.1. The van der Waals surface area contributed by atoms with Gasteiger partial charge in [-0.2, -0.15) is 0 Å². The van der Waals surface area contributed by atoms with Gasteiger partial charge in [0.2, 0.25) is 5.88 Å². The number of hydrogen-bond acceptors (Lipinski definition) is 10. The lowest BCUT2D eigenvalue weighted by Gasteiger charge is -2.48. The van der Waals surface area contributed by atoms with Gasteiger partial charge in [0, 0.05) is 16.7 Å². The molecule has 0 saturated carbocycles. The molecule has 27 heavy (non-hydrogen) atoms. The number of allylic oxidation sites excluding steroid dienone is 1. The lowest BCUT2D eigenvalue weighted by molar-refractivity contribution is -0.148. The van der Waals surface area contributed by atoms with Crippen LogP contribution in [0.5, 0.6) is 0 Å². The second kappa shape index (κ2) is 7.28. The van der Waals surface area contributed by atoms with Gasteiger partial charge in [-0.1, -0.05) is 17.8 Å². The highest BCUT2D eigenvalue weighted by Crippen LogP contribution is 2.40. The molecule has 2 amide bonds. The maximum Gasteiger partial charge on any atom is 0.512 e. The number of carboxylic acid groups (broad SMARTS) is 1. The van der Waals surface area contributed by atoms with Crippen LogP contribution in [-0.2, 0) is 14.3 Å². The topological polar surface area (TPSA) is 167 Å². The van der Waals surface area contributed by atoms with Crippen LogP contribution in [0.25, 0.3) is 0 Å². The van der Waals surface area contributed by atoms with E-state index in [0.29, 0.717) is 11.3 Å². The lowest BCUT2D eigenvalue weighted by atomic mass is 10.1. The molecule has 3 rings (SSSR count). The first-order valence-corrected chi connectivity index (χ1v) is 9.25. The number of carbonyl (C=O) groups is 3. The van der Waals surface area contributed by atoms with Gasteiger partial charge >= 0.3 is 6.16 Å². The normalized spacial score (nSPS) is 22.0. The maximum atomic E-state index is 12.5. The van der Waals surface area contributed by atoms with E-state index in [9.17, 15) is 14.4 Å². The standard InChI is InChI=1S/C14H13N5O6S2/c1-2-5-3-26-12-8(10(21)19(12)11(5)25-14(22)23)17-9(20)7(18-24)6-4-27-13(15)16-6/h2,4,8,12,24H,1,3H2,(H2,15,16)(H,17,20)(H,22,23)/t8?,12-/m0/s1. The molecule has 5 N–H and O–H groups in total. The van der Waals surface area contributed by atoms with Gasteiger partial charge < -0.3 is 26.1 Å². The van der Waals surface area contributed by atoms with Crippen molar-refractivity contribution in [3.63, 3.8) is 0 Å². The summed E-state index contributed by atoms with van der Waals surface area (Å²) in [4.78, 5) is 40.7. The Kier molecular flexibility index (Phi) is 5.05. The number of amides is 2. The Morgan fingerprint density at radius 2 is 2.30 bits per heavy atom. The fraction of sp³-hybridized carbons (Fsp3) is 0.214. The Labute approximate surface area is 160 Å². The van der Waals surface area contributed by atoms with Crippen LogP contribution in [0, 0.1) is 0 Å². The molecule has 2 aliphatic heterocycles. The van der Waals surface area contributed by atoms with E-state index in [0.717, 1.165) is 16.2 Å². The summed E-state index contributed by atoms with van der Waals surface area (Å²) in [7, 11) is 0. The van der Waals surface area contributed by atoms with Crippen molar-refractivity contribution in [1.29, 1.82) is 0 Å². The number of nitrogens with zero attached hydrogens (tertiary/aromatic N) is 3. The highest BCUT2D eigenvalue weighted by Gasteiger charge is 2.54. The minimum Gasteiger partial charge on any atom is -0.449 e. The number of ether oxygens (including phenoxy) is 1. The molecule has 0 aromatic carbocycles. The van der Waals surface area contributed by atoms with Crippen LogP contribution in [0.1, 0.15) is 5.69 Å². The van der Waals surface area contributed by atoms with Crippen LogP contribution in [0.3, 0.4) is 0 Å². The minimum atomic E-state index is -1.56. The van der Waals surface area contributed by atoms with E-state index in [2.05, 4.69) is 22.0 Å². The molecule has 0 bridgehead atoms. The SMILES string of the molecule is C=CC1=C(OC(=O)O)N2C(=O)C(NC(=O)C(=NO)c3csc(N)n3)[C@@H]2SC1. The Morgan fingerprint density at radius 3 is 2.85 bits per heavy atom. The smallest absolute Gasteiger partial charge is 0.449 e. The molecular weight excluding hydrogens is 398 g/mol. The average Bonchev–Trinajstić information content (AvgIpc) is 3.05. The van der Waals surface area contributed by atoms with Gasteiger partial charge in [-0.05, 0) is 0 Å². The molecule has 2 aliphatic rings. The molecule has 1 aromatic rings. The van der Waals surface area contributed by atoms with Crippen LogP contribution >= 0.6 is 23.1 Å². The van der Waals surface area contributed by atoms with E-state index >= 15 is 0 Å². The molecule has 1 saturated heterocycles. The number of carbonyl (C=O) groups excluding carboxylic acids is 2.